The van der Waals surface area contributed by atoms with Gasteiger partial charge in [-0.2, -0.15) is 5.26 Å². The number of nitriles is 1. The molecule has 2 rings (SSSR count). The molecule has 1 amide bonds. The van der Waals surface area contributed by atoms with Gasteiger partial charge < -0.3 is 10.6 Å². The zero-order valence-corrected chi connectivity index (χ0v) is 10.9. The average Bonchev–Trinajstić information content (AvgIpc) is 2.65. The molecule has 0 radical (unpaired) electrons. The third-order valence-electron chi connectivity index (χ3n) is 3.41. The monoisotopic (exact) mass is 261 g/mol. The molecule has 2 N–H and O–H groups in total. The smallest absolute Gasteiger partial charge is 0.225 e. The van der Waals surface area contributed by atoms with E-state index in [1.54, 1.807) is 11.0 Å². The van der Waals surface area contributed by atoms with Crippen LogP contribution in [-0.4, -0.2) is 22.9 Å². The number of hydrogen-bond donors (Lipinski definition) is 1. The Kier molecular flexibility index (Phi) is 3.54. The predicted octanol–water partition coefficient (Wildman–Crippen LogP) is 1.71. The van der Waals surface area contributed by atoms with Crippen LogP contribution in [0.5, 0.6) is 0 Å². The van der Waals surface area contributed by atoms with Crippen molar-refractivity contribution in [3.05, 3.63) is 35.1 Å². The number of rotatable bonds is 2. The van der Waals surface area contributed by atoms with Gasteiger partial charge in [0.05, 0.1) is 11.6 Å². The molecule has 4 nitrogen and oxygen atoms in total. The van der Waals surface area contributed by atoms with Crippen molar-refractivity contribution in [3.8, 4) is 6.07 Å². The van der Waals surface area contributed by atoms with E-state index in [1.807, 2.05) is 19.9 Å². The second kappa shape index (κ2) is 4.98. The van der Waals surface area contributed by atoms with Crippen LogP contribution >= 0.6 is 0 Å². The van der Waals surface area contributed by atoms with Crippen molar-refractivity contribution >= 4 is 5.91 Å². The molecule has 0 saturated carbocycles. The highest BCUT2D eigenvalue weighted by atomic mass is 19.1. The highest BCUT2D eigenvalue weighted by molar-refractivity contribution is 5.80. The van der Waals surface area contributed by atoms with Crippen molar-refractivity contribution in [2.75, 3.05) is 0 Å². The second-order valence-corrected chi connectivity index (χ2v) is 5.06. The molecular weight excluding hydrogens is 245 g/mol. The molecule has 1 aliphatic heterocycles. The van der Waals surface area contributed by atoms with E-state index in [4.69, 9.17) is 11.0 Å². The van der Waals surface area contributed by atoms with E-state index in [-0.39, 0.29) is 36.0 Å². The van der Waals surface area contributed by atoms with Crippen molar-refractivity contribution in [2.24, 2.45) is 5.73 Å². The van der Waals surface area contributed by atoms with Gasteiger partial charge in [0.15, 0.2) is 0 Å². The van der Waals surface area contributed by atoms with Gasteiger partial charge in [0, 0.05) is 18.5 Å². The Morgan fingerprint density at radius 1 is 1.53 bits per heavy atom. The number of halogens is 1. The van der Waals surface area contributed by atoms with Crippen molar-refractivity contribution in [1.82, 2.24) is 4.90 Å². The lowest BCUT2D eigenvalue weighted by Crippen LogP contribution is -2.37. The van der Waals surface area contributed by atoms with Crippen LogP contribution in [0.15, 0.2) is 18.2 Å². The molecule has 0 aromatic heterocycles. The summed E-state index contributed by atoms with van der Waals surface area (Å²) in [4.78, 5) is 13.6. The first kappa shape index (κ1) is 13.5. The summed E-state index contributed by atoms with van der Waals surface area (Å²) in [7, 11) is 0. The maximum Gasteiger partial charge on any atom is 0.225 e. The van der Waals surface area contributed by atoms with Crippen LogP contribution in [0.4, 0.5) is 4.39 Å². The van der Waals surface area contributed by atoms with Gasteiger partial charge in [-0.3, -0.25) is 4.79 Å². The van der Waals surface area contributed by atoms with E-state index in [0.29, 0.717) is 5.56 Å². The molecule has 0 aliphatic carbocycles. The lowest BCUT2D eigenvalue weighted by atomic mass is 9.98. The first-order chi connectivity index (χ1) is 8.95. The van der Waals surface area contributed by atoms with E-state index in [9.17, 15) is 9.18 Å². The number of benzene rings is 1. The summed E-state index contributed by atoms with van der Waals surface area (Å²) in [6, 6.07) is 5.53. The molecule has 1 aromatic rings. The highest BCUT2D eigenvalue weighted by Crippen LogP contribution is 2.34. The standard InChI is InChI=1S/C14H16FN3O/c1-8(2)18-13(19)6-12(17)14(18)9-3-4-11(15)10(5-9)7-16/h3-5,8,12,14H,6,17H2,1-2H3. The van der Waals surface area contributed by atoms with Crippen molar-refractivity contribution in [2.45, 2.75) is 38.4 Å². The largest absolute Gasteiger partial charge is 0.332 e. The molecule has 1 saturated heterocycles. The van der Waals surface area contributed by atoms with Gasteiger partial charge in [0.1, 0.15) is 11.9 Å². The number of nitrogens with zero attached hydrogens (tertiary/aromatic N) is 2. The minimum Gasteiger partial charge on any atom is -0.332 e. The summed E-state index contributed by atoms with van der Waals surface area (Å²) in [5, 5.41) is 8.88. The van der Waals surface area contributed by atoms with E-state index >= 15 is 0 Å². The molecule has 1 aromatic carbocycles. The van der Waals surface area contributed by atoms with Gasteiger partial charge in [-0.05, 0) is 31.5 Å². The van der Waals surface area contributed by atoms with E-state index in [0.717, 1.165) is 0 Å². The predicted molar refractivity (Wildman–Crippen MR) is 68.4 cm³/mol. The summed E-state index contributed by atoms with van der Waals surface area (Å²) in [5.41, 5.74) is 6.71. The maximum atomic E-state index is 13.4. The molecular formula is C14H16FN3O. The topological polar surface area (TPSA) is 70.1 Å². The van der Waals surface area contributed by atoms with E-state index in [1.165, 1.54) is 12.1 Å². The zero-order chi connectivity index (χ0) is 14.2. The number of carbonyl (C=O) groups is 1. The van der Waals surface area contributed by atoms with E-state index < -0.39 is 5.82 Å². The Bertz CT molecular complexity index is 550. The van der Waals surface area contributed by atoms with Crippen LogP contribution in [0.2, 0.25) is 0 Å². The molecule has 1 heterocycles. The van der Waals surface area contributed by atoms with Crippen LogP contribution in [0.1, 0.15) is 37.4 Å². The quantitative estimate of drug-likeness (QED) is 0.881. The molecule has 1 fully saturated rings. The second-order valence-electron chi connectivity index (χ2n) is 5.06. The van der Waals surface area contributed by atoms with Crippen molar-refractivity contribution in [1.29, 1.82) is 5.26 Å². The summed E-state index contributed by atoms with van der Waals surface area (Å²) < 4.78 is 13.4. The molecule has 19 heavy (non-hydrogen) atoms. The van der Waals surface area contributed by atoms with Crippen molar-refractivity contribution < 1.29 is 9.18 Å². The highest BCUT2D eigenvalue weighted by Gasteiger charge is 2.40. The molecule has 2 unspecified atom stereocenters. The summed E-state index contributed by atoms with van der Waals surface area (Å²) >= 11 is 0. The van der Waals surface area contributed by atoms with Gasteiger partial charge >= 0.3 is 0 Å². The van der Waals surface area contributed by atoms with Crippen LogP contribution in [-0.2, 0) is 4.79 Å². The first-order valence-electron chi connectivity index (χ1n) is 6.22. The number of likely N-dealkylation sites (tertiary alicyclic amines) is 1. The average molecular weight is 261 g/mol. The fourth-order valence-corrected chi connectivity index (χ4v) is 2.61. The van der Waals surface area contributed by atoms with Gasteiger partial charge in [-0.1, -0.05) is 6.07 Å². The Hall–Kier alpha value is -1.93. The Morgan fingerprint density at radius 3 is 2.79 bits per heavy atom. The third-order valence-corrected chi connectivity index (χ3v) is 3.41. The Labute approximate surface area is 111 Å². The third kappa shape index (κ3) is 2.32. The Morgan fingerprint density at radius 2 is 2.21 bits per heavy atom. The van der Waals surface area contributed by atoms with Gasteiger partial charge in [-0.15, -0.1) is 0 Å². The molecule has 1 aliphatic rings. The normalized spacial score (nSPS) is 22.9. The van der Waals surface area contributed by atoms with Crippen molar-refractivity contribution in [3.63, 3.8) is 0 Å². The molecule has 100 valence electrons. The fraction of sp³-hybridized carbons (Fsp3) is 0.429. The number of carbonyl (C=O) groups excluding carboxylic acids is 1. The SMILES string of the molecule is CC(C)N1C(=O)CC(N)C1c1ccc(F)c(C#N)c1. The van der Waals surface area contributed by atoms with Crippen LogP contribution in [0, 0.1) is 17.1 Å². The minimum absolute atomic E-state index is 0.00432. The molecule has 0 bridgehead atoms. The lowest BCUT2D eigenvalue weighted by Gasteiger charge is -2.30. The fourth-order valence-electron chi connectivity index (χ4n) is 2.61. The van der Waals surface area contributed by atoms with Gasteiger partial charge in [0.2, 0.25) is 5.91 Å². The molecule has 2 atom stereocenters. The number of hydrogen-bond acceptors (Lipinski definition) is 3. The lowest BCUT2D eigenvalue weighted by molar-refractivity contribution is -0.130. The van der Waals surface area contributed by atoms with Gasteiger partial charge in [-0.25, -0.2) is 4.39 Å². The van der Waals surface area contributed by atoms with Crippen LogP contribution in [0.25, 0.3) is 0 Å². The van der Waals surface area contributed by atoms with Crippen LogP contribution < -0.4 is 5.73 Å². The molecule has 0 spiro atoms. The maximum absolute atomic E-state index is 13.4. The Balaban J connectivity index is 2.45. The summed E-state index contributed by atoms with van der Waals surface area (Å²) in [6.45, 7) is 3.83. The zero-order valence-electron chi connectivity index (χ0n) is 10.9. The summed E-state index contributed by atoms with van der Waals surface area (Å²) in [5.74, 6) is -0.560. The first-order valence-corrected chi connectivity index (χ1v) is 6.22. The molecule has 5 heteroatoms. The number of nitrogens with two attached hydrogens (primary N) is 1. The van der Waals surface area contributed by atoms with E-state index in [2.05, 4.69) is 0 Å². The minimum atomic E-state index is -0.555. The van der Waals surface area contributed by atoms with Crippen LogP contribution in [0.3, 0.4) is 0 Å². The summed E-state index contributed by atoms with van der Waals surface area (Å²) in [6.07, 6.45) is 0.280. The number of amides is 1. The van der Waals surface area contributed by atoms with Gasteiger partial charge in [0.25, 0.3) is 0 Å².